The lowest BCUT2D eigenvalue weighted by molar-refractivity contribution is -0.153. The summed E-state index contributed by atoms with van der Waals surface area (Å²) in [6.07, 6.45) is -4.35. The second-order valence-corrected chi connectivity index (χ2v) is 7.11. The van der Waals surface area contributed by atoms with E-state index in [1.807, 2.05) is 38.4 Å². The molecule has 0 saturated carbocycles. The van der Waals surface area contributed by atoms with Crippen molar-refractivity contribution in [3.05, 3.63) is 59.7 Å². The average Bonchev–Trinajstić information content (AvgIpc) is 2.74. The quantitative estimate of drug-likeness (QED) is 0.463. The number of methoxy groups -OCH3 is 1. The van der Waals surface area contributed by atoms with E-state index < -0.39 is 12.8 Å². The minimum absolute atomic E-state index is 0.0960. The highest BCUT2D eigenvalue weighted by Gasteiger charge is 2.28. The largest absolute Gasteiger partial charge is 0.497 e. The summed E-state index contributed by atoms with van der Waals surface area (Å²) in [6.45, 7) is -0.226. The second-order valence-electron chi connectivity index (χ2n) is 7.11. The highest BCUT2D eigenvalue weighted by molar-refractivity contribution is 5.79. The highest BCUT2D eigenvalue weighted by atomic mass is 19.4. The fourth-order valence-corrected chi connectivity index (χ4v) is 2.92. The second kappa shape index (κ2) is 11.5. The van der Waals surface area contributed by atoms with E-state index in [1.54, 1.807) is 26.3 Å². The predicted molar refractivity (Wildman–Crippen MR) is 116 cm³/mol. The van der Waals surface area contributed by atoms with Gasteiger partial charge in [0.05, 0.1) is 13.2 Å². The van der Waals surface area contributed by atoms with Gasteiger partial charge in [-0.3, -0.25) is 4.99 Å². The van der Waals surface area contributed by atoms with E-state index in [-0.39, 0.29) is 11.8 Å². The number of guanidine groups is 1. The zero-order valence-electron chi connectivity index (χ0n) is 18.2. The number of aliphatic imine (C=N–C) groups is 1. The predicted octanol–water partition coefficient (Wildman–Crippen LogP) is 3.60. The molecular formula is C22H29F3N4O2. The molecule has 2 aromatic rings. The molecule has 0 bridgehead atoms. The van der Waals surface area contributed by atoms with Crippen LogP contribution in [0.5, 0.6) is 11.5 Å². The molecule has 9 heteroatoms. The number of ether oxygens (including phenoxy) is 2. The summed E-state index contributed by atoms with van der Waals surface area (Å²) in [7, 11) is 7.33. The van der Waals surface area contributed by atoms with Crippen molar-refractivity contribution in [3.8, 4) is 11.5 Å². The van der Waals surface area contributed by atoms with Crippen molar-refractivity contribution in [1.82, 2.24) is 15.5 Å². The van der Waals surface area contributed by atoms with Gasteiger partial charge in [-0.2, -0.15) is 13.2 Å². The fraction of sp³-hybridized carbons (Fsp3) is 0.409. The Morgan fingerprint density at radius 3 is 2.35 bits per heavy atom. The first-order chi connectivity index (χ1) is 14.7. The average molecular weight is 438 g/mol. The highest BCUT2D eigenvalue weighted by Crippen LogP contribution is 2.22. The lowest BCUT2D eigenvalue weighted by Gasteiger charge is -2.26. The number of benzene rings is 2. The monoisotopic (exact) mass is 438 g/mol. The van der Waals surface area contributed by atoms with Crippen molar-refractivity contribution in [2.75, 3.05) is 41.4 Å². The Kier molecular flexibility index (Phi) is 8.99. The molecule has 2 aromatic carbocycles. The molecule has 0 aliphatic heterocycles. The van der Waals surface area contributed by atoms with Crippen LogP contribution in [0.4, 0.5) is 13.2 Å². The molecule has 0 aromatic heterocycles. The van der Waals surface area contributed by atoms with Crippen LogP contribution in [0.15, 0.2) is 53.5 Å². The molecule has 0 spiro atoms. The zero-order valence-corrected chi connectivity index (χ0v) is 18.2. The summed E-state index contributed by atoms with van der Waals surface area (Å²) >= 11 is 0. The molecule has 0 radical (unpaired) electrons. The van der Waals surface area contributed by atoms with Gasteiger partial charge in [0, 0.05) is 20.1 Å². The lowest BCUT2D eigenvalue weighted by atomic mass is 10.1. The van der Waals surface area contributed by atoms with Gasteiger partial charge in [0.15, 0.2) is 12.6 Å². The third kappa shape index (κ3) is 8.37. The molecule has 0 aliphatic carbocycles. The van der Waals surface area contributed by atoms with Crippen molar-refractivity contribution in [1.29, 1.82) is 0 Å². The SMILES string of the molecule is CN=C(NCc1ccc(OCC(F)(F)F)cc1)NCC(c1cccc(OC)c1)N(C)C. The minimum atomic E-state index is -4.35. The fourth-order valence-electron chi connectivity index (χ4n) is 2.92. The number of rotatable bonds is 9. The van der Waals surface area contributed by atoms with Crippen LogP contribution < -0.4 is 20.1 Å². The lowest BCUT2D eigenvalue weighted by Crippen LogP contribution is -2.41. The van der Waals surface area contributed by atoms with E-state index in [2.05, 4.69) is 20.5 Å². The van der Waals surface area contributed by atoms with E-state index in [0.29, 0.717) is 19.0 Å². The standard InChI is InChI=1S/C22H29F3N4O2/c1-26-21(27-13-16-8-10-18(11-9-16)31-15-22(23,24)25)28-14-20(29(2)3)17-6-5-7-19(12-17)30-4/h5-12,20H,13-15H2,1-4H3,(H2,26,27,28). The summed E-state index contributed by atoms with van der Waals surface area (Å²) < 4.78 is 46.7. The summed E-state index contributed by atoms with van der Waals surface area (Å²) in [6, 6.07) is 14.5. The molecule has 170 valence electrons. The molecule has 0 saturated heterocycles. The molecule has 2 rings (SSSR count). The van der Waals surface area contributed by atoms with Crippen LogP contribution in [0.1, 0.15) is 17.2 Å². The molecule has 31 heavy (non-hydrogen) atoms. The smallest absolute Gasteiger partial charge is 0.422 e. The van der Waals surface area contributed by atoms with Gasteiger partial charge in [-0.25, -0.2) is 0 Å². The Balaban J connectivity index is 1.90. The van der Waals surface area contributed by atoms with Crippen molar-refractivity contribution in [2.24, 2.45) is 4.99 Å². The summed E-state index contributed by atoms with van der Waals surface area (Å²) in [5.41, 5.74) is 2.00. The van der Waals surface area contributed by atoms with Gasteiger partial charge in [0.2, 0.25) is 0 Å². The molecule has 1 unspecified atom stereocenters. The first-order valence-corrected chi connectivity index (χ1v) is 9.75. The maximum atomic E-state index is 12.2. The summed E-state index contributed by atoms with van der Waals surface area (Å²) in [4.78, 5) is 6.34. The number of alkyl halides is 3. The summed E-state index contributed by atoms with van der Waals surface area (Å²) in [5, 5.41) is 6.52. The number of hydrogen-bond donors (Lipinski definition) is 2. The molecule has 1 atom stereocenters. The van der Waals surface area contributed by atoms with Crippen LogP contribution >= 0.6 is 0 Å². The molecule has 6 nitrogen and oxygen atoms in total. The number of nitrogens with one attached hydrogen (secondary N) is 2. The normalized spacial score (nSPS) is 13.1. The van der Waals surface area contributed by atoms with E-state index >= 15 is 0 Å². The van der Waals surface area contributed by atoms with Gasteiger partial charge < -0.3 is 25.0 Å². The van der Waals surface area contributed by atoms with Gasteiger partial charge in [-0.15, -0.1) is 0 Å². The minimum Gasteiger partial charge on any atom is -0.497 e. The zero-order chi connectivity index (χ0) is 22.9. The number of nitrogens with zero attached hydrogens (tertiary/aromatic N) is 2. The van der Waals surface area contributed by atoms with Crippen molar-refractivity contribution in [3.63, 3.8) is 0 Å². The van der Waals surface area contributed by atoms with Crippen molar-refractivity contribution >= 4 is 5.96 Å². The van der Waals surface area contributed by atoms with Crippen LogP contribution in [0, 0.1) is 0 Å². The topological polar surface area (TPSA) is 58.1 Å². The van der Waals surface area contributed by atoms with Crippen LogP contribution in [0.3, 0.4) is 0 Å². The maximum absolute atomic E-state index is 12.2. The Bertz CT molecular complexity index is 839. The van der Waals surface area contributed by atoms with E-state index in [4.69, 9.17) is 9.47 Å². The molecule has 0 aliphatic rings. The molecular weight excluding hydrogens is 409 g/mol. The third-order valence-corrected chi connectivity index (χ3v) is 4.57. The van der Waals surface area contributed by atoms with E-state index in [0.717, 1.165) is 16.9 Å². The molecule has 0 amide bonds. The Hall–Kier alpha value is -2.94. The van der Waals surface area contributed by atoms with Crippen molar-refractivity contribution < 1.29 is 22.6 Å². The van der Waals surface area contributed by atoms with Gasteiger partial charge in [-0.05, 0) is 49.5 Å². The van der Waals surface area contributed by atoms with Crippen LogP contribution in [-0.4, -0.2) is 58.4 Å². The van der Waals surface area contributed by atoms with Crippen LogP contribution in [0.25, 0.3) is 0 Å². The third-order valence-electron chi connectivity index (χ3n) is 4.57. The van der Waals surface area contributed by atoms with Gasteiger partial charge >= 0.3 is 6.18 Å². The summed E-state index contributed by atoms with van der Waals surface area (Å²) in [5.74, 6) is 1.59. The number of likely N-dealkylation sites (N-methyl/N-ethyl adjacent to an activating group) is 1. The first kappa shape index (κ1) is 24.3. The Morgan fingerprint density at radius 2 is 1.77 bits per heavy atom. The maximum Gasteiger partial charge on any atom is 0.422 e. The van der Waals surface area contributed by atoms with Gasteiger partial charge in [-0.1, -0.05) is 24.3 Å². The van der Waals surface area contributed by atoms with E-state index in [1.165, 1.54) is 12.1 Å². The molecule has 2 N–H and O–H groups in total. The van der Waals surface area contributed by atoms with Gasteiger partial charge in [0.25, 0.3) is 0 Å². The molecule has 0 heterocycles. The van der Waals surface area contributed by atoms with Crippen LogP contribution in [-0.2, 0) is 6.54 Å². The Morgan fingerprint density at radius 1 is 1.06 bits per heavy atom. The van der Waals surface area contributed by atoms with Crippen LogP contribution in [0.2, 0.25) is 0 Å². The number of halogens is 3. The van der Waals surface area contributed by atoms with Crippen molar-refractivity contribution in [2.45, 2.75) is 18.8 Å². The van der Waals surface area contributed by atoms with E-state index in [9.17, 15) is 13.2 Å². The Labute approximate surface area is 181 Å². The number of hydrogen-bond acceptors (Lipinski definition) is 4. The molecule has 0 fully saturated rings. The first-order valence-electron chi connectivity index (χ1n) is 9.75. The van der Waals surface area contributed by atoms with Gasteiger partial charge in [0.1, 0.15) is 11.5 Å².